The van der Waals surface area contributed by atoms with E-state index in [2.05, 4.69) is 15.0 Å². The summed E-state index contributed by atoms with van der Waals surface area (Å²) in [5.41, 5.74) is 10.9. The lowest BCUT2D eigenvalue weighted by atomic mass is 10.4. The van der Waals surface area contributed by atoms with Crippen LogP contribution in [0.3, 0.4) is 0 Å². The second kappa shape index (κ2) is 4.05. The third kappa shape index (κ3) is 2.19. The smallest absolute Gasteiger partial charge is 0.256 e. The highest BCUT2D eigenvalue weighted by molar-refractivity contribution is 5.38. The number of rotatable bonds is 3. The Morgan fingerprint density at radius 3 is 2.00 bits per heavy atom. The number of anilines is 3. The molecule has 0 fully saturated rings. The van der Waals surface area contributed by atoms with Gasteiger partial charge in [0.25, 0.3) is 5.95 Å². The van der Waals surface area contributed by atoms with E-state index >= 15 is 0 Å². The van der Waals surface area contributed by atoms with E-state index in [9.17, 15) is 0 Å². The summed E-state index contributed by atoms with van der Waals surface area (Å²) in [6, 6.07) is 0.0844. The van der Waals surface area contributed by atoms with E-state index in [-0.39, 0.29) is 17.9 Å². The van der Waals surface area contributed by atoms with E-state index in [1.165, 1.54) is 12.2 Å². The van der Waals surface area contributed by atoms with Gasteiger partial charge in [0.05, 0.1) is 13.2 Å². The maximum Gasteiger partial charge on any atom is 0.256 e. The van der Waals surface area contributed by atoms with Gasteiger partial charge in [-0.3, -0.25) is 4.84 Å². The number of nitrogens with two attached hydrogens (primary N) is 2. The largest absolute Gasteiger partial charge is 0.368 e. The first-order chi connectivity index (χ1) is 6.54. The van der Waals surface area contributed by atoms with Crippen molar-refractivity contribution in [3.63, 3.8) is 0 Å². The third-order valence-electron chi connectivity index (χ3n) is 1.52. The number of hydrogen-bond acceptors (Lipinski definition) is 7. The van der Waals surface area contributed by atoms with E-state index in [0.717, 1.165) is 0 Å². The van der Waals surface area contributed by atoms with Gasteiger partial charge in [-0.1, -0.05) is 0 Å². The molecule has 0 radical (unpaired) electrons. The Balaban J connectivity index is 3.04. The third-order valence-corrected chi connectivity index (χ3v) is 1.52. The summed E-state index contributed by atoms with van der Waals surface area (Å²) in [4.78, 5) is 16.5. The molecule has 7 heteroatoms. The van der Waals surface area contributed by atoms with Gasteiger partial charge in [-0.05, 0) is 13.8 Å². The Morgan fingerprint density at radius 2 is 1.64 bits per heavy atom. The minimum Gasteiger partial charge on any atom is -0.368 e. The van der Waals surface area contributed by atoms with Crippen molar-refractivity contribution in [2.24, 2.45) is 0 Å². The van der Waals surface area contributed by atoms with E-state index in [0.29, 0.717) is 5.95 Å². The summed E-state index contributed by atoms with van der Waals surface area (Å²) in [5, 5.41) is 1.49. The van der Waals surface area contributed by atoms with Crippen LogP contribution < -0.4 is 16.5 Å². The molecule has 0 aromatic carbocycles. The normalized spacial score (nSPS) is 10.6. The molecular weight excluding hydrogens is 184 g/mol. The second-order valence-electron chi connectivity index (χ2n) is 2.95. The molecule has 0 bridgehead atoms. The molecule has 4 N–H and O–H groups in total. The van der Waals surface area contributed by atoms with Gasteiger partial charge in [0.15, 0.2) is 0 Å². The molecule has 0 saturated heterocycles. The van der Waals surface area contributed by atoms with Crippen molar-refractivity contribution < 1.29 is 4.84 Å². The van der Waals surface area contributed by atoms with Crippen LogP contribution in [0, 0.1) is 0 Å². The molecular formula is C7H14N6O. The highest BCUT2D eigenvalue weighted by atomic mass is 16.7. The molecule has 14 heavy (non-hydrogen) atoms. The number of hydroxylamine groups is 1. The van der Waals surface area contributed by atoms with Gasteiger partial charge < -0.3 is 11.5 Å². The fourth-order valence-corrected chi connectivity index (χ4v) is 1.02. The van der Waals surface area contributed by atoms with Crippen LogP contribution >= 0.6 is 0 Å². The molecule has 0 aliphatic carbocycles. The molecule has 0 saturated carbocycles. The molecule has 1 aromatic rings. The van der Waals surface area contributed by atoms with Crippen molar-refractivity contribution in [2.75, 3.05) is 23.6 Å². The predicted molar refractivity (Wildman–Crippen MR) is 53.3 cm³/mol. The van der Waals surface area contributed by atoms with Crippen LogP contribution in [0.2, 0.25) is 0 Å². The zero-order chi connectivity index (χ0) is 10.7. The van der Waals surface area contributed by atoms with Crippen molar-refractivity contribution >= 4 is 17.8 Å². The van der Waals surface area contributed by atoms with Crippen LogP contribution in [0.15, 0.2) is 0 Å². The zero-order valence-electron chi connectivity index (χ0n) is 8.43. The Labute approximate surface area is 82.1 Å². The number of aromatic nitrogens is 3. The Bertz CT molecular complexity index is 295. The van der Waals surface area contributed by atoms with Crippen molar-refractivity contribution in [3.8, 4) is 0 Å². The van der Waals surface area contributed by atoms with E-state index in [1.807, 2.05) is 13.8 Å². The fraction of sp³-hybridized carbons (Fsp3) is 0.571. The van der Waals surface area contributed by atoms with Crippen molar-refractivity contribution in [3.05, 3.63) is 0 Å². The van der Waals surface area contributed by atoms with Gasteiger partial charge in [0.2, 0.25) is 11.9 Å². The van der Waals surface area contributed by atoms with E-state index < -0.39 is 0 Å². The fourth-order valence-electron chi connectivity index (χ4n) is 1.02. The average Bonchev–Trinajstić information content (AvgIpc) is 2.02. The standard InChI is InChI=1S/C7H14N6O/c1-4(2)13(14-3)7-11-5(8)10-6(9)12-7/h4H,1-3H3,(H4,8,9,10,11,12). The molecule has 7 nitrogen and oxygen atoms in total. The molecule has 78 valence electrons. The quantitative estimate of drug-likeness (QED) is 0.649. The van der Waals surface area contributed by atoms with Crippen molar-refractivity contribution in [1.82, 2.24) is 15.0 Å². The minimum absolute atomic E-state index is 0.0789. The molecule has 1 aromatic heterocycles. The molecule has 0 aliphatic rings. The number of hydrogen-bond donors (Lipinski definition) is 2. The van der Waals surface area contributed by atoms with Gasteiger partial charge in [-0.15, -0.1) is 0 Å². The zero-order valence-corrected chi connectivity index (χ0v) is 8.43. The van der Waals surface area contributed by atoms with Crippen LogP contribution in [0.5, 0.6) is 0 Å². The van der Waals surface area contributed by atoms with Crippen LogP contribution in [-0.2, 0) is 4.84 Å². The Morgan fingerprint density at radius 1 is 1.14 bits per heavy atom. The monoisotopic (exact) mass is 198 g/mol. The first-order valence-corrected chi connectivity index (χ1v) is 4.15. The van der Waals surface area contributed by atoms with Crippen LogP contribution in [0.1, 0.15) is 13.8 Å². The van der Waals surface area contributed by atoms with Gasteiger partial charge in [0.1, 0.15) is 0 Å². The highest BCUT2D eigenvalue weighted by Crippen LogP contribution is 2.12. The molecule has 0 amide bonds. The summed E-state index contributed by atoms with van der Waals surface area (Å²) in [6.45, 7) is 3.86. The number of nitrogen functional groups attached to an aromatic ring is 2. The van der Waals surface area contributed by atoms with E-state index in [4.69, 9.17) is 16.3 Å². The van der Waals surface area contributed by atoms with Crippen molar-refractivity contribution in [2.45, 2.75) is 19.9 Å². The maximum absolute atomic E-state index is 5.43. The van der Waals surface area contributed by atoms with Crippen LogP contribution in [0.25, 0.3) is 0 Å². The summed E-state index contributed by atoms with van der Waals surface area (Å²) < 4.78 is 0. The molecule has 0 spiro atoms. The van der Waals surface area contributed by atoms with Crippen molar-refractivity contribution in [1.29, 1.82) is 0 Å². The van der Waals surface area contributed by atoms with E-state index in [1.54, 1.807) is 0 Å². The summed E-state index contributed by atoms with van der Waals surface area (Å²) in [5.74, 6) is 0.470. The molecule has 1 rings (SSSR count). The lowest BCUT2D eigenvalue weighted by Gasteiger charge is -2.23. The molecule has 0 aliphatic heterocycles. The van der Waals surface area contributed by atoms with Crippen LogP contribution in [-0.4, -0.2) is 28.1 Å². The van der Waals surface area contributed by atoms with Crippen LogP contribution in [0.4, 0.5) is 17.8 Å². The summed E-state index contributed by atoms with van der Waals surface area (Å²) in [6.07, 6.45) is 0. The lowest BCUT2D eigenvalue weighted by molar-refractivity contribution is 0.143. The van der Waals surface area contributed by atoms with Gasteiger partial charge in [0, 0.05) is 0 Å². The second-order valence-corrected chi connectivity index (χ2v) is 2.95. The first kappa shape index (κ1) is 10.5. The first-order valence-electron chi connectivity index (χ1n) is 4.15. The van der Waals surface area contributed by atoms with Gasteiger partial charge in [-0.25, -0.2) is 5.06 Å². The topological polar surface area (TPSA) is 103 Å². The maximum atomic E-state index is 5.43. The predicted octanol–water partition coefficient (Wildman–Crippen LogP) is -0.188. The number of nitrogens with zero attached hydrogens (tertiary/aromatic N) is 4. The van der Waals surface area contributed by atoms with Gasteiger partial charge in [-0.2, -0.15) is 15.0 Å². The molecule has 1 heterocycles. The highest BCUT2D eigenvalue weighted by Gasteiger charge is 2.14. The average molecular weight is 198 g/mol. The minimum atomic E-state index is 0.0789. The summed E-state index contributed by atoms with van der Waals surface area (Å²) in [7, 11) is 1.52. The summed E-state index contributed by atoms with van der Waals surface area (Å²) >= 11 is 0. The molecule has 0 atom stereocenters. The lowest BCUT2D eigenvalue weighted by Crippen LogP contribution is -2.31. The SMILES string of the molecule is CON(c1nc(N)nc(N)n1)C(C)C. The Hall–Kier alpha value is -1.63. The Kier molecular flexibility index (Phi) is 3.03. The van der Waals surface area contributed by atoms with Gasteiger partial charge >= 0.3 is 0 Å². The molecule has 0 unspecified atom stereocenters.